The van der Waals surface area contributed by atoms with Crippen LogP contribution >= 0.6 is 11.6 Å². The molecule has 55 heavy (non-hydrogen) atoms. The Hall–Kier alpha value is -4.97. The molecule has 2 amide bonds. The number of rotatable bonds is 13. The molecule has 294 valence electrons. The minimum atomic E-state index is -4.95. The lowest BCUT2D eigenvalue weighted by molar-refractivity contribution is -0.274. The first-order valence-electron chi connectivity index (χ1n) is 16.9. The molecule has 0 saturated carbocycles. The number of aromatic nitrogens is 1. The highest BCUT2D eigenvalue weighted by Crippen LogP contribution is 2.33. The second-order valence-electron chi connectivity index (χ2n) is 12.6. The number of carbonyl (C=O) groups excluding carboxylic acids is 2. The Balaban J connectivity index is 1.43. The summed E-state index contributed by atoms with van der Waals surface area (Å²) in [6, 6.07) is 15.3. The smallest absolute Gasteiger partial charge is 0.481 e. The molecule has 0 aliphatic carbocycles. The minimum Gasteiger partial charge on any atom is -0.481 e. The average Bonchev–Trinajstić information content (AvgIpc) is 3.14. The number of pyridine rings is 1. The monoisotopic (exact) mass is 807 g/mol. The summed E-state index contributed by atoms with van der Waals surface area (Å²) >= 11 is 6.16. The van der Waals surface area contributed by atoms with Gasteiger partial charge in [0.2, 0.25) is 21.8 Å². The Morgan fingerprint density at radius 2 is 1.69 bits per heavy atom. The summed E-state index contributed by atoms with van der Waals surface area (Å²) in [6.07, 6.45) is -4.32. The molecule has 1 fully saturated rings. The number of nitrogens with zero attached hydrogens (tertiary/aromatic N) is 2. The van der Waals surface area contributed by atoms with Gasteiger partial charge in [0.1, 0.15) is 17.6 Å². The molecule has 1 aliphatic rings. The van der Waals surface area contributed by atoms with Gasteiger partial charge in [-0.2, -0.15) is 4.31 Å². The maximum Gasteiger partial charge on any atom is 0.573 e. The summed E-state index contributed by atoms with van der Waals surface area (Å²) in [7, 11) is -1.65. The van der Waals surface area contributed by atoms with Crippen molar-refractivity contribution in [3.8, 4) is 11.6 Å². The Labute approximate surface area is 320 Å². The first kappa shape index (κ1) is 41.2. The van der Waals surface area contributed by atoms with E-state index >= 15 is 4.39 Å². The number of nitrogens with one attached hydrogen (secondary N) is 3. The lowest BCUT2D eigenvalue weighted by Gasteiger charge is -2.40. The van der Waals surface area contributed by atoms with Crippen molar-refractivity contribution < 1.29 is 49.8 Å². The van der Waals surface area contributed by atoms with Crippen molar-refractivity contribution in [1.82, 2.24) is 19.9 Å². The van der Waals surface area contributed by atoms with Crippen molar-refractivity contribution in [2.45, 2.75) is 55.1 Å². The van der Waals surface area contributed by atoms with Gasteiger partial charge < -0.3 is 30.2 Å². The van der Waals surface area contributed by atoms with Crippen LogP contribution < -0.4 is 25.4 Å². The van der Waals surface area contributed by atoms with Gasteiger partial charge in [0, 0.05) is 59.6 Å². The Bertz CT molecular complexity index is 2060. The number of hydrogen-bond acceptors (Lipinski definition) is 9. The zero-order chi connectivity index (χ0) is 39.9. The standard InChI is InChI=1S/C37H38ClF4N5O7S/c1-22-19-43-21-26(47(22)55(50,51)28-15-13-27(14-16-28)54-37(40,41)42)12-17-29-30(39)5-4-6-31(29)45-35(48)34(46-36(49)53-3)33(23-7-10-25(38)11-8-23)24-9-18-32(52-2)44-20-24/h4-11,13-16,18,20,22,26,33-34,43H,12,17,19,21H2,1-3H3,(H,45,48)(H,46,49)/t22-,26-,33-,34-/m0/s1. The van der Waals surface area contributed by atoms with Crippen LogP contribution in [0.2, 0.25) is 5.02 Å². The molecule has 0 spiro atoms. The van der Waals surface area contributed by atoms with Crippen molar-refractivity contribution in [2.75, 3.05) is 32.6 Å². The van der Waals surface area contributed by atoms with Crippen LogP contribution in [-0.4, -0.2) is 81.5 Å². The number of amides is 2. The van der Waals surface area contributed by atoms with Gasteiger partial charge in [0.05, 0.1) is 19.1 Å². The number of ether oxygens (including phenoxy) is 3. The molecule has 0 radical (unpaired) electrons. The second-order valence-corrected chi connectivity index (χ2v) is 14.9. The Kier molecular flexibility index (Phi) is 13.2. The van der Waals surface area contributed by atoms with Crippen LogP contribution in [-0.2, 0) is 26.0 Å². The van der Waals surface area contributed by atoms with Gasteiger partial charge in [-0.05, 0) is 79.4 Å². The van der Waals surface area contributed by atoms with Crippen LogP contribution in [0.15, 0.2) is 90.0 Å². The number of alkyl carbamates (subject to hydrolysis) is 1. The molecule has 2 heterocycles. The number of anilines is 1. The topological polar surface area (TPSA) is 148 Å². The van der Waals surface area contributed by atoms with Crippen molar-refractivity contribution in [3.05, 3.63) is 113 Å². The van der Waals surface area contributed by atoms with Gasteiger partial charge in [-0.3, -0.25) is 4.79 Å². The summed E-state index contributed by atoms with van der Waals surface area (Å²) in [6.45, 7) is 2.16. The zero-order valence-corrected chi connectivity index (χ0v) is 31.3. The van der Waals surface area contributed by atoms with Gasteiger partial charge >= 0.3 is 12.5 Å². The first-order chi connectivity index (χ1) is 26.1. The van der Waals surface area contributed by atoms with Gasteiger partial charge in [0.15, 0.2) is 0 Å². The van der Waals surface area contributed by atoms with Gasteiger partial charge in [-0.15, -0.1) is 13.2 Å². The zero-order valence-electron chi connectivity index (χ0n) is 29.8. The molecule has 18 heteroatoms. The molecule has 4 atom stereocenters. The third kappa shape index (κ3) is 10.2. The van der Waals surface area contributed by atoms with Crippen molar-refractivity contribution in [3.63, 3.8) is 0 Å². The number of sulfonamides is 1. The molecule has 5 rings (SSSR count). The predicted octanol–water partition coefficient (Wildman–Crippen LogP) is 6.26. The number of halogens is 5. The molecule has 4 aromatic rings. The third-order valence-corrected chi connectivity index (χ3v) is 11.3. The number of methoxy groups -OCH3 is 2. The van der Waals surface area contributed by atoms with Crippen molar-refractivity contribution >= 4 is 39.3 Å². The Morgan fingerprint density at radius 3 is 2.31 bits per heavy atom. The number of piperazine rings is 1. The van der Waals surface area contributed by atoms with Crippen molar-refractivity contribution in [2.24, 2.45) is 0 Å². The number of carbonyl (C=O) groups is 2. The second kappa shape index (κ2) is 17.7. The molecular formula is C37H38ClF4N5O7S. The van der Waals surface area contributed by atoms with E-state index < -0.39 is 64.0 Å². The highest BCUT2D eigenvalue weighted by atomic mass is 35.5. The predicted molar refractivity (Wildman–Crippen MR) is 195 cm³/mol. The third-order valence-electron chi connectivity index (χ3n) is 8.98. The van der Waals surface area contributed by atoms with Gasteiger partial charge in [-0.25, -0.2) is 22.6 Å². The fraction of sp³-hybridized carbons (Fsp3) is 0.324. The summed E-state index contributed by atoms with van der Waals surface area (Å²) in [5.41, 5.74) is 1.25. The molecular weight excluding hydrogens is 770 g/mol. The van der Waals surface area contributed by atoms with E-state index in [2.05, 4.69) is 25.7 Å². The molecule has 1 aliphatic heterocycles. The van der Waals surface area contributed by atoms with E-state index in [0.29, 0.717) is 28.6 Å². The number of hydrogen-bond donors (Lipinski definition) is 3. The first-order valence-corrected chi connectivity index (χ1v) is 18.7. The average molecular weight is 808 g/mol. The van der Waals surface area contributed by atoms with Gasteiger partial charge in [-0.1, -0.05) is 35.9 Å². The molecule has 1 saturated heterocycles. The molecule has 0 bridgehead atoms. The quantitative estimate of drug-likeness (QED) is 0.133. The summed E-state index contributed by atoms with van der Waals surface area (Å²) in [5.74, 6) is -2.52. The van der Waals surface area contributed by atoms with Gasteiger partial charge in [0.25, 0.3) is 0 Å². The Morgan fingerprint density at radius 1 is 1.00 bits per heavy atom. The van der Waals surface area contributed by atoms with E-state index in [1.807, 2.05) is 0 Å². The number of benzene rings is 3. The maximum absolute atomic E-state index is 15.6. The molecule has 3 N–H and O–H groups in total. The van der Waals surface area contributed by atoms with Crippen LogP contribution in [0.25, 0.3) is 0 Å². The maximum atomic E-state index is 15.6. The number of alkyl halides is 3. The highest BCUT2D eigenvalue weighted by molar-refractivity contribution is 7.89. The van der Waals surface area contributed by atoms with E-state index in [4.69, 9.17) is 21.1 Å². The largest absolute Gasteiger partial charge is 0.573 e. The van der Waals surface area contributed by atoms with E-state index in [1.165, 1.54) is 35.8 Å². The highest BCUT2D eigenvalue weighted by Gasteiger charge is 2.39. The van der Waals surface area contributed by atoms with Crippen LogP contribution in [0.5, 0.6) is 11.6 Å². The normalized spacial score (nSPS) is 17.5. The fourth-order valence-corrected chi connectivity index (χ4v) is 8.45. The SMILES string of the molecule is COC(=O)N[C@H](C(=O)Nc1cccc(F)c1CC[C@H]1CNC[C@H](C)N1S(=O)(=O)c1ccc(OC(F)(F)F)cc1)[C@@H](c1ccc(Cl)cc1)c1ccc(OC)nc1. The summed E-state index contributed by atoms with van der Waals surface area (Å²) in [4.78, 5) is 31.0. The van der Waals surface area contributed by atoms with Crippen molar-refractivity contribution in [1.29, 1.82) is 0 Å². The summed E-state index contributed by atoms with van der Waals surface area (Å²) < 4.78 is 96.7. The molecule has 0 unspecified atom stereocenters. The molecule has 12 nitrogen and oxygen atoms in total. The van der Waals surface area contributed by atoms with Crippen LogP contribution in [0, 0.1) is 5.82 Å². The van der Waals surface area contributed by atoms with Crippen LogP contribution in [0.4, 0.5) is 28.0 Å². The van der Waals surface area contributed by atoms with Crippen LogP contribution in [0.1, 0.15) is 36.0 Å². The van der Waals surface area contributed by atoms with E-state index in [-0.39, 0.29) is 35.5 Å². The van der Waals surface area contributed by atoms with E-state index in [0.717, 1.165) is 31.4 Å². The van der Waals surface area contributed by atoms with E-state index in [1.54, 1.807) is 43.3 Å². The molecule has 1 aromatic heterocycles. The summed E-state index contributed by atoms with van der Waals surface area (Å²) in [5, 5.41) is 8.97. The lowest BCUT2D eigenvalue weighted by Crippen LogP contribution is -2.58. The van der Waals surface area contributed by atoms with E-state index in [9.17, 15) is 31.2 Å². The minimum absolute atomic E-state index is 0.0379. The van der Waals surface area contributed by atoms with Crippen LogP contribution in [0.3, 0.4) is 0 Å². The molecule has 3 aromatic carbocycles. The fourth-order valence-electron chi connectivity index (χ4n) is 6.48. The lowest BCUT2D eigenvalue weighted by atomic mass is 9.85.